The number of nitrogens with one attached hydrogen (secondary N) is 1. The van der Waals surface area contributed by atoms with Crippen molar-refractivity contribution in [3.05, 3.63) is 29.8 Å². The van der Waals surface area contributed by atoms with E-state index in [-0.39, 0.29) is 12.6 Å². The molecule has 3 N–H and O–H groups in total. The first kappa shape index (κ1) is 15.0. The van der Waals surface area contributed by atoms with Crippen LogP contribution in [0.2, 0.25) is 0 Å². The fourth-order valence-electron chi connectivity index (χ4n) is 1.61. The van der Waals surface area contributed by atoms with Gasteiger partial charge in [0, 0.05) is 32.4 Å². The van der Waals surface area contributed by atoms with Crippen LogP contribution >= 0.6 is 0 Å². The van der Waals surface area contributed by atoms with E-state index in [0.717, 1.165) is 11.3 Å². The molecule has 0 radical (unpaired) electrons. The van der Waals surface area contributed by atoms with Gasteiger partial charge in [-0.05, 0) is 31.5 Å². The molecule has 0 bridgehead atoms. The van der Waals surface area contributed by atoms with Crippen molar-refractivity contribution in [2.45, 2.75) is 25.5 Å². The van der Waals surface area contributed by atoms with Gasteiger partial charge in [0.05, 0.1) is 12.2 Å². The standard InChI is InChI=1S/C14H24N2O2/c1-11(15-9-14(2,18)10-17)12-5-7-13(8-6-12)16(3)4/h5-8,11,15,17-18H,9-10H2,1-4H3. The van der Waals surface area contributed by atoms with E-state index in [4.69, 9.17) is 5.11 Å². The van der Waals surface area contributed by atoms with Gasteiger partial charge in [0.15, 0.2) is 0 Å². The molecule has 18 heavy (non-hydrogen) atoms. The van der Waals surface area contributed by atoms with Gasteiger partial charge in [-0.15, -0.1) is 0 Å². The van der Waals surface area contributed by atoms with Crippen LogP contribution in [-0.4, -0.2) is 43.1 Å². The van der Waals surface area contributed by atoms with Crippen molar-refractivity contribution >= 4 is 5.69 Å². The zero-order chi connectivity index (χ0) is 13.8. The van der Waals surface area contributed by atoms with Crippen LogP contribution in [-0.2, 0) is 0 Å². The molecule has 1 aromatic rings. The van der Waals surface area contributed by atoms with E-state index in [1.54, 1.807) is 6.92 Å². The Morgan fingerprint density at radius 1 is 1.28 bits per heavy atom. The predicted molar refractivity (Wildman–Crippen MR) is 74.9 cm³/mol. The van der Waals surface area contributed by atoms with Gasteiger partial charge >= 0.3 is 0 Å². The predicted octanol–water partition coefficient (Wildman–Crippen LogP) is 1.15. The molecule has 0 aliphatic carbocycles. The molecule has 1 aromatic carbocycles. The van der Waals surface area contributed by atoms with E-state index in [1.807, 2.05) is 21.0 Å². The smallest absolute Gasteiger partial charge is 0.0973 e. The maximum atomic E-state index is 9.72. The van der Waals surface area contributed by atoms with Crippen LogP contribution in [0, 0.1) is 0 Å². The summed E-state index contributed by atoms with van der Waals surface area (Å²) in [7, 11) is 4.02. The van der Waals surface area contributed by atoms with Crippen molar-refractivity contribution < 1.29 is 10.2 Å². The molecule has 2 atom stereocenters. The summed E-state index contributed by atoms with van der Waals surface area (Å²) in [6.45, 7) is 3.77. The lowest BCUT2D eigenvalue weighted by atomic mass is 10.1. The summed E-state index contributed by atoms with van der Waals surface area (Å²) in [4.78, 5) is 2.05. The average Bonchev–Trinajstić information content (AvgIpc) is 2.36. The van der Waals surface area contributed by atoms with Crippen molar-refractivity contribution in [1.29, 1.82) is 0 Å². The molecule has 0 fully saturated rings. The van der Waals surface area contributed by atoms with Gasteiger partial charge in [0.2, 0.25) is 0 Å². The molecular formula is C14H24N2O2. The fraction of sp³-hybridized carbons (Fsp3) is 0.571. The monoisotopic (exact) mass is 252 g/mol. The summed E-state index contributed by atoms with van der Waals surface area (Å²) < 4.78 is 0. The minimum absolute atomic E-state index is 0.138. The maximum Gasteiger partial charge on any atom is 0.0973 e. The number of nitrogens with zero attached hydrogens (tertiary/aromatic N) is 1. The largest absolute Gasteiger partial charge is 0.393 e. The molecule has 4 nitrogen and oxygen atoms in total. The summed E-state index contributed by atoms with van der Waals surface area (Å²) in [6, 6.07) is 8.41. The van der Waals surface area contributed by atoms with Gasteiger partial charge in [-0.2, -0.15) is 0 Å². The second kappa shape index (κ2) is 6.18. The summed E-state index contributed by atoms with van der Waals surface area (Å²) in [5, 5.41) is 21.9. The fourth-order valence-corrected chi connectivity index (χ4v) is 1.61. The highest BCUT2D eigenvalue weighted by Crippen LogP contribution is 2.18. The number of anilines is 1. The SMILES string of the molecule is CC(NCC(C)(O)CO)c1ccc(N(C)C)cc1. The number of benzene rings is 1. The Morgan fingerprint density at radius 2 is 1.83 bits per heavy atom. The number of hydrogen-bond donors (Lipinski definition) is 3. The normalized spacial score (nSPS) is 16.1. The number of aliphatic hydroxyl groups is 2. The van der Waals surface area contributed by atoms with Crippen molar-refractivity contribution in [3.63, 3.8) is 0 Å². The molecular weight excluding hydrogens is 228 g/mol. The molecule has 0 spiro atoms. The van der Waals surface area contributed by atoms with E-state index in [0.29, 0.717) is 6.54 Å². The molecule has 0 aliphatic rings. The highest BCUT2D eigenvalue weighted by atomic mass is 16.3. The molecule has 0 saturated heterocycles. The van der Waals surface area contributed by atoms with Crippen LogP contribution in [0.1, 0.15) is 25.5 Å². The van der Waals surface area contributed by atoms with E-state index >= 15 is 0 Å². The molecule has 0 heterocycles. The van der Waals surface area contributed by atoms with Gasteiger partial charge in [-0.25, -0.2) is 0 Å². The molecule has 4 heteroatoms. The van der Waals surface area contributed by atoms with E-state index in [2.05, 4.69) is 34.5 Å². The second-order valence-corrected chi connectivity index (χ2v) is 5.24. The first-order valence-corrected chi connectivity index (χ1v) is 6.19. The number of hydrogen-bond acceptors (Lipinski definition) is 4. The Hall–Kier alpha value is -1.10. The van der Waals surface area contributed by atoms with E-state index < -0.39 is 5.60 Å². The first-order chi connectivity index (χ1) is 8.35. The first-order valence-electron chi connectivity index (χ1n) is 6.19. The van der Waals surface area contributed by atoms with Gasteiger partial charge in [0.1, 0.15) is 0 Å². The van der Waals surface area contributed by atoms with E-state index in [1.165, 1.54) is 0 Å². The minimum atomic E-state index is -1.07. The van der Waals surface area contributed by atoms with Crippen LogP contribution in [0.25, 0.3) is 0 Å². The Labute approximate surface area is 109 Å². The molecule has 0 aliphatic heterocycles. The van der Waals surface area contributed by atoms with Gasteiger partial charge in [-0.3, -0.25) is 0 Å². The van der Waals surface area contributed by atoms with Crippen molar-refractivity contribution in [2.75, 3.05) is 32.1 Å². The Morgan fingerprint density at radius 3 is 2.28 bits per heavy atom. The van der Waals surface area contributed by atoms with Crippen LogP contribution in [0.3, 0.4) is 0 Å². The Bertz CT molecular complexity index is 361. The van der Waals surface area contributed by atoms with Crippen molar-refractivity contribution in [2.24, 2.45) is 0 Å². The summed E-state index contributed by atoms with van der Waals surface area (Å²) in [5.74, 6) is 0. The zero-order valence-corrected chi connectivity index (χ0v) is 11.6. The highest BCUT2D eigenvalue weighted by molar-refractivity contribution is 5.46. The number of rotatable bonds is 6. The van der Waals surface area contributed by atoms with Gasteiger partial charge < -0.3 is 20.4 Å². The molecule has 102 valence electrons. The van der Waals surface area contributed by atoms with Crippen LogP contribution < -0.4 is 10.2 Å². The van der Waals surface area contributed by atoms with Crippen molar-refractivity contribution in [1.82, 2.24) is 5.32 Å². The third-order valence-corrected chi connectivity index (χ3v) is 3.04. The third kappa shape index (κ3) is 4.29. The molecule has 0 amide bonds. The van der Waals surface area contributed by atoms with Crippen LogP contribution in [0.5, 0.6) is 0 Å². The van der Waals surface area contributed by atoms with Gasteiger partial charge in [0.25, 0.3) is 0 Å². The molecule has 0 saturated carbocycles. The van der Waals surface area contributed by atoms with Gasteiger partial charge in [-0.1, -0.05) is 12.1 Å². The average molecular weight is 252 g/mol. The summed E-state index contributed by atoms with van der Waals surface area (Å²) in [5.41, 5.74) is 1.25. The van der Waals surface area contributed by atoms with E-state index in [9.17, 15) is 5.11 Å². The quantitative estimate of drug-likeness (QED) is 0.711. The Kier molecular flexibility index (Phi) is 5.14. The minimum Gasteiger partial charge on any atom is -0.393 e. The summed E-state index contributed by atoms with van der Waals surface area (Å²) >= 11 is 0. The van der Waals surface area contributed by atoms with Crippen LogP contribution in [0.15, 0.2) is 24.3 Å². The lowest BCUT2D eigenvalue weighted by Gasteiger charge is -2.24. The topological polar surface area (TPSA) is 55.7 Å². The maximum absolute atomic E-state index is 9.72. The lowest BCUT2D eigenvalue weighted by Crippen LogP contribution is -2.41. The molecule has 2 unspecified atom stereocenters. The molecule has 0 aromatic heterocycles. The zero-order valence-electron chi connectivity index (χ0n) is 11.6. The van der Waals surface area contributed by atoms with Crippen molar-refractivity contribution in [3.8, 4) is 0 Å². The lowest BCUT2D eigenvalue weighted by molar-refractivity contribution is 0.00106. The molecule has 1 rings (SSSR count). The third-order valence-electron chi connectivity index (χ3n) is 3.04. The second-order valence-electron chi connectivity index (χ2n) is 5.24. The Balaban J connectivity index is 2.59. The highest BCUT2D eigenvalue weighted by Gasteiger charge is 2.19. The number of aliphatic hydroxyl groups excluding tert-OH is 1. The van der Waals surface area contributed by atoms with Crippen LogP contribution in [0.4, 0.5) is 5.69 Å². The summed E-state index contributed by atoms with van der Waals surface area (Å²) in [6.07, 6.45) is 0.